The van der Waals surface area contributed by atoms with Crippen LogP contribution in [0.4, 0.5) is 0 Å². The van der Waals surface area contributed by atoms with Crippen LogP contribution in [0.15, 0.2) is 0 Å². The molecule has 27 heavy (non-hydrogen) atoms. The number of unbranched alkanes of at least 4 members (excludes halogenated alkanes) is 6. The summed E-state index contributed by atoms with van der Waals surface area (Å²) in [6.45, 7) is 4.09. The predicted octanol–water partition coefficient (Wildman–Crippen LogP) is 1.25. The Morgan fingerprint density at radius 3 is 2.07 bits per heavy atom. The molecule has 0 saturated carbocycles. The molecule has 0 aromatic rings. The first-order valence-electron chi connectivity index (χ1n) is 10.6. The van der Waals surface area contributed by atoms with E-state index >= 15 is 0 Å². The lowest BCUT2D eigenvalue weighted by Gasteiger charge is -2.22. The third-order valence-electron chi connectivity index (χ3n) is 5.22. The highest BCUT2D eigenvalue weighted by molar-refractivity contribution is 5.75. The summed E-state index contributed by atoms with van der Waals surface area (Å²) in [5.41, 5.74) is 0. The molecule has 160 valence electrons. The van der Waals surface area contributed by atoms with Gasteiger partial charge in [0, 0.05) is 13.0 Å². The smallest absolute Gasteiger partial charge is 0.220 e. The number of aliphatic hydroxyl groups is 4. The summed E-state index contributed by atoms with van der Waals surface area (Å²) in [6.07, 6.45) is 2.56. The molecule has 0 aromatic heterocycles. The van der Waals surface area contributed by atoms with Crippen LogP contribution in [0.5, 0.6) is 0 Å². The molecule has 7 nitrogen and oxygen atoms in total. The summed E-state index contributed by atoms with van der Waals surface area (Å²) < 4.78 is 5.57. The first-order valence-corrected chi connectivity index (χ1v) is 10.6. The normalized spacial score (nSPS) is 27.5. The minimum Gasteiger partial charge on any atom is -0.390 e. The van der Waals surface area contributed by atoms with Gasteiger partial charge >= 0.3 is 0 Å². The maximum Gasteiger partial charge on any atom is 0.220 e. The van der Waals surface area contributed by atoms with Crippen molar-refractivity contribution >= 4 is 5.91 Å². The minimum atomic E-state index is -1.29. The van der Waals surface area contributed by atoms with Gasteiger partial charge in [-0.05, 0) is 12.8 Å². The van der Waals surface area contributed by atoms with Crippen LogP contribution >= 0.6 is 0 Å². The predicted molar refractivity (Wildman–Crippen MR) is 103 cm³/mol. The third kappa shape index (κ3) is 8.44. The molecule has 1 aliphatic heterocycles. The highest BCUT2D eigenvalue weighted by Crippen LogP contribution is 2.27. The summed E-state index contributed by atoms with van der Waals surface area (Å²) in [5.74, 6) is -0.163. The van der Waals surface area contributed by atoms with Gasteiger partial charge in [0.25, 0.3) is 0 Å². The van der Waals surface area contributed by atoms with Crippen LogP contribution in [0.1, 0.15) is 78.1 Å². The van der Waals surface area contributed by atoms with Gasteiger partial charge in [-0.1, -0.05) is 58.8 Å². The largest absolute Gasteiger partial charge is 0.390 e. The number of carbonyl (C=O) groups excluding carboxylic acids is 1. The van der Waals surface area contributed by atoms with E-state index in [1.165, 1.54) is 19.3 Å². The highest BCUT2D eigenvalue weighted by Gasteiger charge is 2.48. The molecule has 1 heterocycles. The van der Waals surface area contributed by atoms with E-state index in [4.69, 9.17) is 4.74 Å². The van der Waals surface area contributed by atoms with Crippen LogP contribution in [0.3, 0.4) is 0 Å². The quantitative estimate of drug-likeness (QED) is 0.285. The highest BCUT2D eigenvalue weighted by atomic mass is 16.6. The average molecular weight is 390 g/mol. The van der Waals surface area contributed by atoms with Crippen molar-refractivity contribution in [2.24, 2.45) is 0 Å². The zero-order valence-electron chi connectivity index (χ0n) is 16.8. The van der Waals surface area contributed by atoms with E-state index in [9.17, 15) is 25.2 Å². The molecule has 1 amide bonds. The van der Waals surface area contributed by atoms with E-state index in [1.807, 2.05) is 6.92 Å². The molecule has 0 aromatic carbocycles. The lowest BCUT2D eigenvalue weighted by molar-refractivity contribution is -0.123. The Morgan fingerprint density at radius 1 is 0.889 bits per heavy atom. The van der Waals surface area contributed by atoms with Gasteiger partial charge in [0.15, 0.2) is 0 Å². The molecule has 5 N–H and O–H groups in total. The average Bonchev–Trinajstić information content (AvgIpc) is 2.96. The second kappa shape index (κ2) is 13.4. The van der Waals surface area contributed by atoms with E-state index in [1.54, 1.807) is 0 Å². The first-order chi connectivity index (χ1) is 12.9. The summed E-state index contributed by atoms with van der Waals surface area (Å²) in [6, 6.07) is 0. The first kappa shape index (κ1) is 24.3. The molecule has 1 rings (SSSR count). The molecule has 0 aliphatic carbocycles. The summed E-state index contributed by atoms with van der Waals surface area (Å²) in [7, 11) is 0. The number of nitrogens with one attached hydrogen (secondary N) is 1. The fourth-order valence-electron chi connectivity index (χ4n) is 3.43. The number of hydrogen-bond donors (Lipinski definition) is 5. The van der Waals surface area contributed by atoms with Crippen LogP contribution in [-0.4, -0.2) is 69.5 Å². The van der Waals surface area contributed by atoms with Gasteiger partial charge in [-0.25, -0.2) is 0 Å². The van der Waals surface area contributed by atoms with Crippen LogP contribution in [0.25, 0.3) is 0 Å². The zero-order valence-corrected chi connectivity index (χ0v) is 16.8. The fourth-order valence-corrected chi connectivity index (χ4v) is 3.43. The van der Waals surface area contributed by atoms with Gasteiger partial charge in [0.1, 0.15) is 30.5 Å². The second-order valence-corrected chi connectivity index (χ2v) is 7.65. The Morgan fingerprint density at radius 2 is 1.44 bits per heavy atom. The van der Waals surface area contributed by atoms with Gasteiger partial charge in [-0.3, -0.25) is 4.79 Å². The van der Waals surface area contributed by atoms with Gasteiger partial charge in [-0.2, -0.15) is 0 Å². The topological polar surface area (TPSA) is 119 Å². The molecule has 6 atom stereocenters. The van der Waals surface area contributed by atoms with Crippen molar-refractivity contribution < 1.29 is 30.0 Å². The van der Waals surface area contributed by atoms with E-state index in [0.717, 1.165) is 32.1 Å². The van der Waals surface area contributed by atoms with Crippen molar-refractivity contribution in [1.82, 2.24) is 5.32 Å². The van der Waals surface area contributed by atoms with E-state index in [0.29, 0.717) is 12.8 Å². The molecule has 1 aliphatic rings. The van der Waals surface area contributed by atoms with Crippen molar-refractivity contribution in [2.45, 2.75) is 115 Å². The maximum absolute atomic E-state index is 11.6. The monoisotopic (exact) mass is 389 g/mol. The Kier molecular flexibility index (Phi) is 12.1. The van der Waals surface area contributed by atoms with Crippen molar-refractivity contribution in [3.63, 3.8) is 0 Å². The zero-order chi connectivity index (χ0) is 20.2. The maximum atomic E-state index is 11.6. The second-order valence-electron chi connectivity index (χ2n) is 7.65. The van der Waals surface area contributed by atoms with Crippen molar-refractivity contribution in [3.8, 4) is 0 Å². The molecule has 1 fully saturated rings. The summed E-state index contributed by atoms with van der Waals surface area (Å²) in [4.78, 5) is 11.6. The van der Waals surface area contributed by atoms with Crippen LogP contribution in [-0.2, 0) is 9.53 Å². The van der Waals surface area contributed by atoms with Gasteiger partial charge in [0.05, 0.1) is 6.10 Å². The van der Waals surface area contributed by atoms with Gasteiger partial charge in [-0.15, -0.1) is 0 Å². The Balaban J connectivity index is 2.37. The fraction of sp³-hybridized carbons (Fsp3) is 0.950. The molecular weight excluding hydrogens is 350 g/mol. The molecule has 7 heteroatoms. The van der Waals surface area contributed by atoms with Crippen molar-refractivity contribution in [3.05, 3.63) is 0 Å². The number of ether oxygens (including phenoxy) is 1. The van der Waals surface area contributed by atoms with Crippen LogP contribution < -0.4 is 5.32 Å². The van der Waals surface area contributed by atoms with E-state index < -0.39 is 36.6 Å². The summed E-state index contributed by atoms with van der Waals surface area (Å²) in [5, 5.41) is 43.5. The third-order valence-corrected chi connectivity index (χ3v) is 5.22. The molecule has 0 spiro atoms. The number of aliphatic hydroxyl groups excluding tert-OH is 4. The Bertz CT molecular complexity index is 408. The van der Waals surface area contributed by atoms with E-state index in [2.05, 4.69) is 12.2 Å². The molecule has 3 unspecified atom stereocenters. The SMILES string of the molecule is CCCCCCCCC(O)[C@@H]1O[C@H]([C@H](O)CNC(=O)CCCC)C(O)C1O. The molecule has 0 radical (unpaired) electrons. The van der Waals surface area contributed by atoms with Crippen LogP contribution in [0, 0.1) is 0 Å². The van der Waals surface area contributed by atoms with Gasteiger partial charge < -0.3 is 30.5 Å². The minimum absolute atomic E-state index is 0.0583. The standard InChI is InChI=1S/C20H39NO6/c1-3-5-7-8-9-10-11-14(22)19-17(25)18(26)20(27-19)15(23)13-21-16(24)12-6-4-2/h14-15,17-20,22-23,25-26H,3-13H2,1-2H3,(H,21,24)/t14?,15-,17?,18?,19+,20-/m1/s1. The van der Waals surface area contributed by atoms with Gasteiger partial charge in [0.2, 0.25) is 5.91 Å². The Hall–Kier alpha value is -0.730. The van der Waals surface area contributed by atoms with E-state index in [-0.39, 0.29) is 12.5 Å². The summed E-state index contributed by atoms with van der Waals surface area (Å²) >= 11 is 0. The number of carbonyl (C=O) groups is 1. The van der Waals surface area contributed by atoms with Crippen molar-refractivity contribution in [1.29, 1.82) is 0 Å². The number of hydrogen-bond acceptors (Lipinski definition) is 6. The van der Waals surface area contributed by atoms with Crippen LogP contribution in [0.2, 0.25) is 0 Å². The van der Waals surface area contributed by atoms with Crippen molar-refractivity contribution in [2.75, 3.05) is 6.54 Å². The Labute approximate surface area is 163 Å². The lowest BCUT2D eigenvalue weighted by Crippen LogP contribution is -2.45. The molecule has 0 bridgehead atoms. The number of amides is 1. The molecular formula is C20H39NO6. The number of rotatable bonds is 14. The molecule has 1 saturated heterocycles. The lowest BCUT2D eigenvalue weighted by atomic mass is 9.98.